The molecule has 1 aromatic carbocycles. The summed E-state index contributed by atoms with van der Waals surface area (Å²) < 4.78 is 21.4. The second-order valence-electron chi connectivity index (χ2n) is 3.20. The van der Waals surface area contributed by atoms with E-state index in [2.05, 4.69) is 0 Å². The van der Waals surface area contributed by atoms with Gasteiger partial charge in [0.1, 0.15) is 0 Å². The first-order valence-electron chi connectivity index (χ1n) is 4.39. The van der Waals surface area contributed by atoms with Crippen molar-refractivity contribution in [2.24, 2.45) is 0 Å². The molecule has 80 valence electrons. The van der Waals surface area contributed by atoms with Crippen molar-refractivity contribution >= 4 is 22.9 Å². The van der Waals surface area contributed by atoms with E-state index in [9.17, 15) is 13.6 Å². The molecule has 0 saturated heterocycles. The molecular weight excluding hydrogens is 212 g/mol. The molecule has 0 radical (unpaired) electrons. The van der Waals surface area contributed by atoms with E-state index in [4.69, 9.17) is 0 Å². The van der Waals surface area contributed by atoms with Gasteiger partial charge in [-0.15, -0.1) is 0 Å². The van der Waals surface area contributed by atoms with Crippen LogP contribution in [0.15, 0.2) is 29.2 Å². The molecule has 0 aliphatic heterocycles. The minimum Gasteiger partial charge on any atom is -0.768 e. The van der Waals surface area contributed by atoms with Crippen molar-refractivity contribution in [1.29, 1.82) is 0 Å². The largest absolute Gasteiger partial charge is 0.768 e. The third-order valence-electron chi connectivity index (χ3n) is 1.94. The topological polar surface area (TPSA) is 57.2 Å². The zero-order valence-corrected chi connectivity index (χ0v) is 9.34. The molecule has 0 aromatic heterocycles. The fourth-order valence-electron chi connectivity index (χ4n) is 1.11. The lowest BCUT2D eigenvalue weighted by Crippen LogP contribution is -1.91. The standard InChI is InChI=1S/C11H12O3S/c1-8-3-6-11(15(13)14)7-10(8)5-4-9(2)12/h3-7H,1-2H3,(H,13,14)/p-1. The molecule has 0 heterocycles. The van der Waals surface area contributed by atoms with Crippen LogP contribution >= 0.6 is 0 Å². The van der Waals surface area contributed by atoms with Crippen LogP contribution in [0, 0.1) is 6.92 Å². The first-order valence-corrected chi connectivity index (χ1v) is 5.47. The highest BCUT2D eigenvalue weighted by Gasteiger charge is 1.98. The third-order valence-corrected chi connectivity index (χ3v) is 2.58. The molecule has 3 nitrogen and oxygen atoms in total. The second kappa shape index (κ2) is 5.00. The van der Waals surface area contributed by atoms with E-state index in [0.29, 0.717) is 0 Å². The smallest absolute Gasteiger partial charge is 0.152 e. The Kier molecular flexibility index (Phi) is 3.94. The first kappa shape index (κ1) is 11.8. The molecule has 1 aromatic rings. The summed E-state index contributed by atoms with van der Waals surface area (Å²) in [5.41, 5.74) is 1.67. The van der Waals surface area contributed by atoms with Gasteiger partial charge in [-0.05, 0) is 54.3 Å². The lowest BCUT2D eigenvalue weighted by Gasteiger charge is -2.07. The van der Waals surface area contributed by atoms with Crippen LogP contribution in [0.25, 0.3) is 6.08 Å². The number of hydrogen-bond donors (Lipinski definition) is 0. The number of hydrogen-bond acceptors (Lipinski definition) is 3. The van der Waals surface area contributed by atoms with Crippen molar-refractivity contribution < 1.29 is 13.6 Å². The molecule has 0 aliphatic carbocycles. The molecule has 15 heavy (non-hydrogen) atoms. The maximum Gasteiger partial charge on any atom is 0.152 e. The molecule has 1 atom stereocenters. The van der Waals surface area contributed by atoms with Gasteiger partial charge >= 0.3 is 0 Å². The van der Waals surface area contributed by atoms with Crippen molar-refractivity contribution in [2.75, 3.05) is 0 Å². The molecule has 0 bridgehead atoms. The van der Waals surface area contributed by atoms with Crippen LogP contribution in [-0.2, 0) is 15.9 Å². The normalized spacial score (nSPS) is 13.0. The van der Waals surface area contributed by atoms with Gasteiger partial charge in [0.2, 0.25) is 0 Å². The van der Waals surface area contributed by atoms with E-state index in [-0.39, 0.29) is 10.7 Å². The quantitative estimate of drug-likeness (QED) is 0.580. The molecule has 1 rings (SSSR count). The van der Waals surface area contributed by atoms with E-state index in [1.165, 1.54) is 25.1 Å². The number of carbonyl (C=O) groups excluding carboxylic acids is 1. The summed E-state index contributed by atoms with van der Waals surface area (Å²) in [6.45, 7) is 3.30. The van der Waals surface area contributed by atoms with Gasteiger partial charge in [0.25, 0.3) is 0 Å². The highest BCUT2D eigenvalue weighted by atomic mass is 32.2. The van der Waals surface area contributed by atoms with Gasteiger partial charge in [0, 0.05) is 4.90 Å². The maximum atomic E-state index is 10.7. The first-order chi connectivity index (χ1) is 7.00. The maximum absolute atomic E-state index is 10.7. The van der Waals surface area contributed by atoms with Gasteiger partial charge in [-0.3, -0.25) is 9.00 Å². The molecule has 4 heteroatoms. The monoisotopic (exact) mass is 223 g/mol. The van der Waals surface area contributed by atoms with E-state index >= 15 is 0 Å². The van der Waals surface area contributed by atoms with Crippen LogP contribution in [0.2, 0.25) is 0 Å². The van der Waals surface area contributed by atoms with Gasteiger partial charge in [-0.2, -0.15) is 0 Å². The van der Waals surface area contributed by atoms with Gasteiger partial charge in [0.05, 0.1) is 0 Å². The van der Waals surface area contributed by atoms with Gasteiger partial charge < -0.3 is 4.55 Å². The molecular formula is C11H11O3S-. The number of rotatable bonds is 3. The molecule has 0 aliphatic rings. The average molecular weight is 223 g/mol. The second-order valence-corrected chi connectivity index (χ2v) is 4.14. The van der Waals surface area contributed by atoms with Crippen molar-refractivity contribution in [3.63, 3.8) is 0 Å². The number of aryl methyl sites for hydroxylation is 1. The minimum absolute atomic E-state index is 0.0666. The van der Waals surface area contributed by atoms with Crippen LogP contribution in [0.5, 0.6) is 0 Å². The van der Waals surface area contributed by atoms with Gasteiger partial charge in [-0.1, -0.05) is 12.1 Å². The predicted molar refractivity (Wildman–Crippen MR) is 58.1 cm³/mol. The van der Waals surface area contributed by atoms with E-state index in [1.54, 1.807) is 12.1 Å². The van der Waals surface area contributed by atoms with Gasteiger partial charge in [0.15, 0.2) is 5.78 Å². The van der Waals surface area contributed by atoms with Crippen LogP contribution in [0.3, 0.4) is 0 Å². The van der Waals surface area contributed by atoms with Crippen molar-refractivity contribution in [3.8, 4) is 0 Å². The predicted octanol–water partition coefficient (Wildman–Crippen LogP) is 1.84. The summed E-state index contributed by atoms with van der Waals surface area (Å²) in [4.78, 5) is 11.0. The molecule has 0 N–H and O–H groups in total. The molecule has 0 spiro atoms. The molecule has 1 unspecified atom stereocenters. The lowest BCUT2D eigenvalue weighted by molar-refractivity contribution is -0.112. The Labute approximate surface area is 91.1 Å². The Hall–Kier alpha value is -1.26. The van der Waals surface area contributed by atoms with Gasteiger partial charge in [-0.25, -0.2) is 0 Å². The Morgan fingerprint density at radius 2 is 2.13 bits per heavy atom. The van der Waals surface area contributed by atoms with E-state index in [1.807, 2.05) is 6.92 Å². The summed E-state index contributed by atoms with van der Waals surface area (Å²) in [7, 11) is 0. The van der Waals surface area contributed by atoms with Crippen LogP contribution < -0.4 is 0 Å². The number of carbonyl (C=O) groups is 1. The van der Waals surface area contributed by atoms with Crippen LogP contribution in [-0.4, -0.2) is 14.5 Å². The van der Waals surface area contributed by atoms with Crippen LogP contribution in [0.4, 0.5) is 0 Å². The third kappa shape index (κ3) is 3.42. The fraction of sp³-hybridized carbons (Fsp3) is 0.182. The number of allylic oxidation sites excluding steroid dienone is 1. The van der Waals surface area contributed by atoms with E-state index < -0.39 is 11.1 Å². The highest BCUT2D eigenvalue weighted by molar-refractivity contribution is 7.79. The van der Waals surface area contributed by atoms with E-state index in [0.717, 1.165) is 11.1 Å². The number of benzene rings is 1. The summed E-state index contributed by atoms with van der Waals surface area (Å²) in [5, 5.41) is 0. The van der Waals surface area contributed by atoms with Crippen molar-refractivity contribution in [1.82, 2.24) is 0 Å². The summed E-state index contributed by atoms with van der Waals surface area (Å²) >= 11 is -2.23. The lowest BCUT2D eigenvalue weighted by atomic mass is 10.1. The number of ketones is 1. The Morgan fingerprint density at radius 3 is 2.67 bits per heavy atom. The van der Waals surface area contributed by atoms with Crippen molar-refractivity contribution in [3.05, 3.63) is 35.4 Å². The zero-order valence-electron chi connectivity index (χ0n) is 8.52. The Balaban J connectivity index is 3.11. The SMILES string of the molecule is CC(=O)C=Cc1cc(S(=O)[O-])ccc1C. The van der Waals surface area contributed by atoms with Crippen LogP contribution in [0.1, 0.15) is 18.1 Å². The summed E-state index contributed by atoms with van der Waals surface area (Å²) in [6.07, 6.45) is 3.04. The minimum atomic E-state index is -2.23. The summed E-state index contributed by atoms with van der Waals surface area (Å²) in [5.74, 6) is -0.0666. The zero-order chi connectivity index (χ0) is 11.4. The fourth-order valence-corrected chi connectivity index (χ4v) is 1.51. The van der Waals surface area contributed by atoms with Crippen molar-refractivity contribution in [2.45, 2.75) is 18.7 Å². The molecule has 0 saturated carbocycles. The average Bonchev–Trinajstić information content (AvgIpc) is 2.16. The highest BCUT2D eigenvalue weighted by Crippen LogP contribution is 2.14. The Morgan fingerprint density at radius 1 is 1.47 bits per heavy atom. The Bertz CT molecular complexity index is 435. The summed E-state index contributed by atoms with van der Waals surface area (Å²) in [6, 6.07) is 4.78. The molecule has 0 amide bonds. The molecule has 0 fully saturated rings.